The lowest BCUT2D eigenvalue weighted by molar-refractivity contribution is 1.08. The van der Waals surface area contributed by atoms with Gasteiger partial charge in [-0.15, -0.1) is 11.3 Å². The van der Waals surface area contributed by atoms with Crippen molar-refractivity contribution < 1.29 is 0 Å². The molecule has 0 fully saturated rings. The second-order valence-corrected chi connectivity index (χ2v) is 15.9. The van der Waals surface area contributed by atoms with E-state index >= 15 is 0 Å². The third-order valence-corrected chi connectivity index (χ3v) is 12.2. The minimum absolute atomic E-state index is 0.623. The number of benzene rings is 9. The molecule has 0 spiro atoms. The van der Waals surface area contributed by atoms with E-state index in [9.17, 15) is 0 Å². The quantitative estimate of drug-likeness (QED) is 0.162. The first-order valence-corrected chi connectivity index (χ1v) is 20.7. The van der Waals surface area contributed by atoms with E-state index in [-0.39, 0.29) is 0 Å². The summed E-state index contributed by atoms with van der Waals surface area (Å²) in [6.07, 6.45) is 0. The predicted octanol–water partition coefficient (Wildman–Crippen LogP) is 15.1. The first-order valence-electron chi connectivity index (χ1n) is 19.8. The maximum atomic E-state index is 5.35. The molecule has 2 aromatic heterocycles. The van der Waals surface area contributed by atoms with Crippen molar-refractivity contribution in [1.29, 1.82) is 0 Å². The summed E-state index contributed by atoms with van der Waals surface area (Å²) in [5, 5.41) is 4.76. The van der Waals surface area contributed by atoms with Gasteiger partial charge in [-0.05, 0) is 104 Å². The Balaban J connectivity index is 1.14. The Kier molecular flexibility index (Phi) is 8.68. The SMILES string of the molecule is c1ccc(-c2cc(-c3ccccc3)cc(-c3nc(-c4cccc(-c5cc(-c6ccccc6)cc6ccccc56)c4)nc(-c4cccc5sc6ccccc6c45)n3)c2)cc1. The smallest absolute Gasteiger partial charge is 0.164 e. The normalized spacial score (nSPS) is 11.4. The molecule has 0 N–H and O–H groups in total. The summed E-state index contributed by atoms with van der Waals surface area (Å²) >= 11 is 1.80. The van der Waals surface area contributed by atoms with Crippen LogP contribution in [0.5, 0.6) is 0 Å². The Labute approximate surface area is 346 Å². The van der Waals surface area contributed by atoms with Gasteiger partial charge in [0.1, 0.15) is 0 Å². The van der Waals surface area contributed by atoms with Crippen LogP contribution in [0, 0.1) is 0 Å². The van der Waals surface area contributed by atoms with Gasteiger partial charge in [-0.25, -0.2) is 15.0 Å². The minimum Gasteiger partial charge on any atom is -0.208 e. The van der Waals surface area contributed by atoms with Gasteiger partial charge >= 0.3 is 0 Å². The molecule has 0 saturated heterocycles. The predicted molar refractivity (Wildman–Crippen MR) is 248 cm³/mol. The van der Waals surface area contributed by atoms with E-state index in [2.05, 4.69) is 212 Å². The molecule has 0 amide bonds. The van der Waals surface area contributed by atoms with Gasteiger partial charge in [0.25, 0.3) is 0 Å². The van der Waals surface area contributed by atoms with Crippen molar-refractivity contribution >= 4 is 42.3 Å². The molecule has 0 radical (unpaired) electrons. The number of hydrogen-bond acceptors (Lipinski definition) is 4. The lowest BCUT2D eigenvalue weighted by Crippen LogP contribution is -2.01. The molecular weight excluding hydrogens is 735 g/mol. The summed E-state index contributed by atoms with van der Waals surface area (Å²) in [4.78, 5) is 16.0. The number of nitrogens with zero attached hydrogens (tertiary/aromatic N) is 3. The van der Waals surface area contributed by atoms with E-state index in [1.54, 1.807) is 11.3 Å². The molecule has 276 valence electrons. The van der Waals surface area contributed by atoms with E-state index < -0.39 is 0 Å². The highest BCUT2D eigenvalue weighted by Gasteiger charge is 2.19. The van der Waals surface area contributed by atoms with Crippen LogP contribution in [-0.2, 0) is 0 Å². The summed E-state index contributed by atoms with van der Waals surface area (Å²) in [5.41, 5.74) is 11.9. The highest BCUT2D eigenvalue weighted by atomic mass is 32.1. The highest BCUT2D eigenvalue weighted by Crippen LogP contribution is 2.41. The van der Waals surface area contributed by atoms with Crippen LogP contribution in [0.1, 0.15) is 0 Å². The number of fused-ring (bicyclic) bond motifs is 4. The van der Waals surface area contributed by atoms with Crippen molar-refractivity contribution in [2.24, 2.45) is 0 Å². The van der Waals surface area contributed by atoms with E-state index in [1.165, 1.54) is 36.7 Å². The maximum Gasteiger partial charge on any atom is 0.164 e. The molecule has 0 aliphatic carbocycles. The minimum atomic E-state index is 0.623. The molecule has 0 aliphatic rings. The van der Waals surface area contributed by atoms with Crippen LogP contribution in [0.25, 0.3) is 110 Å². The molecule has 11 aromatic rings. The molecule has 2 heterocycles. The second-order valence-electron chi connectivity index (χ2n) is 14.8. The highest BCUT2D eigenvalue weighted by molar-refractivity contribution is 7.25. The van der Waals surface area contributed by atoms with Crippen molar-refractivity contribution in [3.8, 4) is 78.7 Å². The number of aromatic nitrogens is 3. The van der Waals surface area contributed by atoms with Crippen molar-refractivity contribution in [2.45, 2.75) is 0 Å². The molecule has 3 nitrogen and oxygen atoms in total. The fraction of sp³-hybridized carbons (Fsp3) is 0. The molecule has 9 aromatic carbocycles. The van der Waals surface area contributed by atoms with Crippen molar-refractivity contribution in [1.82, 2.24) is 15.0 Å². The fourth-order valence-corrected chi connectivity index (χ4v) is 9.37. The Hall–Kier alpha value is -7.53. The second kappa shape index (κ2) is 14.8. The van der Waals surface area contributed by atoms with Crippen LogP contribution in [0.15, 0.2) is 212 Å². The Morgan fingerprint density at radius 2 is 0.746 bits per heavy atom. The fourth-order valence-electron chi connectivity index (χ4n) is 8.24. The number of thiophene rings is 1. The monoisotopic (exact) mass is 769 g/mol. The Bertz CT molecular complexity index is 3260. The number of hydrogen-bond donors (Lipinski definition) is 0. The van der Waals surface area contributed by atoms with E-state index in [0.717, 1.165) is 55.5 Å². The van der Waals surface area contributed by atoms with Gasteiger partial charge in [-0.1, -0.05) is 164 Å². The number of rotatable bonds is 7. The third kappa shape index (κ3) is 6.56. The van der Waals surface area contributed by atoms with Crippen molar-refractivity contribution in [2.75, 3.05) is 0 Å². The zero-order valence-corrected chi connectivity index (χ0v) is 32.8. The molecular formula is C55H35N3S. The largest absolute Gasteiger partial charge is 0.208 e. The zero-order valence-electron chi connectivity index (χ0n) is 32.0. The van der Waals surface area contributed by atoms with Crippen molar-refractivity contribution in [3.63, 3.8) is 0 Å². The van der Waals surface area contributed by atoms with Gasteiger partial charge in [-0.3, -0.25) is 0 Å². The van der Waals surface area contributed by atoms with Crippen LogP contribution >= 0.6 is 11.3 Å². The molecule has 11 rings (SSSR count). The average molecular weight is 770 g/mol. The molecule has 0 bridgehead atoms. The van der Waals surface area contributed by atoms with Gasteiger partial charge in [0.2, 0.25) is 0 Å². The van der Waals surface area contributed by atoms with Crippen LogP contribution in [0.2, 0.25) is 0 Å². The van der Waals surface area contributed by atoms with E-state index in [1.807, 2.05) is 0 Å². The van der Waals surface area contributed by atoms with E-state index in [4.69, 9.17) is 15.0 Å². The Morgan fingerprint density at radius 3 is 1.44 bits per heavy atom. The van der Waals surface area contributed by atoms with Crippen LogP contribution in [0.4, 0.5) is 0 Å². The molecule has 0 saturated carbocycles. The zero-order chi connectivity index (χ0) is 39.1. The van der Waals surface area contributed by atoms with E-state index in [0.29, 0.717) is 17.5 Å². The maximum absolute atomic E-state index is 5.35. The standard InChI is InChI=1S/C55H35N3S/c1-4-16-36(17-5-1)42-32-43(37-18-6-2-7-19-37)34-45(33-42)54-56-53(57-55(58-54)48-27-15-29-51-52(48)47-26-12-13-28-50(47)59-51)41-24-14-23-40(30-41)49-35-44(38-20-8-3-9-21-38)31-39-22-10-11-25-46(39)49/h1-35H. The van der Waals surface area contributed by atoms with Gasteiger partial charge in [0.05, 0.1) is 0 Å². The van der Waals surface area contributed by atoms with Gasteiger partial charge in [-0.2, -0.15) is 0 Å². The Morgan fingerprint density at radius 1 is 0.271 bits per heavy atom. The van der Waals surface area contributed by atoms with Crippen molar-refractivity contribution in [3.05, 3.63) is 212 Å². The first-order chi connectivity index (χ1) is 29.2. The summed E-state index contributed by atoms with van der Waals surface area (Å²) in [7, 11) is 0. The summed E-state index contributed by atoms with van der Waals surface area (Å²) in [6, 6.07) is 75.3. The lowest BCUT2D eigenvalue weighted by Gasteiger charge is -2.14. The molecule has 0 aliphatic heterocycles. The molecule has 0 unspecified atom stereocenters. The topological polar surface area (TPSA) is 38.7 Å². The van der Waals surface area contributed by atoms with Gasteiger partial charge in [0.15, 0.2) is 17.5 Å². The van der Waals surface area contributed by atoms with Crippen LogP contribution in [0.3, 0.4) is 0 Å². The summed E-state index contributed by atoms with van der Waals surface area (Å²) in [6.45, 7) is 0. The summed E-state index contributed by atoms with van der Waals surface area (Å²) in [5.74, 6) is 1.89. The molecule has 0 atom stereocenters. The molecule has 4 heteroatoms. The average Bonchev–Trinajstić information content (AvgIpc) is 3.71. The first kappa shape index (κ1) is 34.7. The van der Waals surface area contributed by atoms with Gasteiger partial charge < -0.3 is 0 Å². The lowest BCUT2D eigenvalue weighted by atomic mass is 9.92. The summed E-state index contributed by atoms with van der Waals surface area (Å²) < 4.78 is 2.45. The molecule has 59 heavy (non-hydrogen) atoms. The third-order valence-electron chi connectivity index (χ3n) is 11.1. The van der Waals surface area contributed by atoms with Gasteiger partial charge in [0, 0.05) is 36.9 Å². The van der Waals surface area contributed by atoms with Crippen LogP contribution < -0.4 is 0 Å². The van der Waals surface area contributed by atoms with Crippen LogP contribution in [-0.4, -0.2) is 15.0 Å².